The number of H-pyrrole nitrogens is 1. The van der Waals surface area contributed by atoms with Gasteiger partial charge in [-0.2, -0.15) is 5.10 Å². The number of nitrogens with zero attached hydrogens (tertiary/aromatic N) is 1. The number of carboxylic acids is 1. The molecule has 3 rings (SSSR count). The molecule has 0 aliphatic heterocycles. The van der Waals surface area contributed by atoms with E-state index in [1.807, 2.05) is 0 Å². The molecule has 0 unspecified atom stereocenters. The summed E-state index contributed by atoms with van der Waals surface area (Å²) in [6, 6.07) is 8.68. The molecule has 0 bridgehead atoms. The molecule has 1 amide bonds. The number of aromatic nitrogens is 2. The van der Waals surface area contributed by atoms with Gasteiger partial charge in [0, 0.05) is 29.4 Å². The van der Waals surface area contributed by atoms with Gasteiger partial charge in [-0.1, -0.05) is 6.07 Å². The van der Waals surface area contributed by atoms with Gasteiger partial charge < -0.3 is 15.2 Å². The largest absolute Gasteiger partial charge is 0.496 e. The van der Waals surface area contributed by atoms with E-state index in [-0.39, 0.29) is 12.5 Å². The minimum absolute atomic E-state index is 0.0607. The highest BCUT2D eigenvalue weighted by molar-refractivity contribution is 5.95. The molecule has 27 heavy (non-hydrogen) atoms. The van der Waals surface area contributed by atoms with Crippen molar-refractivity contribution < 1.29 is 23.8 Å². The summed E-state index contributed by atoms with van der Waals surface area (Å²) >= 11 is 0. The molecule has 8 heteroatoms. The zero-order chi connectivity index (χ0) is 19.4. The van der Waals surface area contributed by atoms with E-state index in [0.29, 0.717) is 16.9 Å². The first-order valence-electron chi connectivity index (χ1n) is 7.96. The minimum atomic E-state index is -1.36. The summed E-state index contributed by atoms with van der Waals surface area (Å²) in [7, 11) is 1.51. The van der Waals surface area contributed by atoms with Gasteiger partial charge >= 0.3 is 5.97 Å². The summed E-state index contributed by atoms with van der Waals surface area (Å²) < 4.78 is 18.8. The van der Waals surface area contributed by atoms with Crippen LogP contribution >= 0.6 is 0 Å². The van der Waals surface area contributed by atoms with Gasteiger partial charge in [-0.15, -0.1) is 0 Å². The van der Waals surface area contributed by atoms with E-state index in [2.05, 4.69) is 15.5 Å². The number of hydrogen-bond acceptors (Lipinski definition) is 4. The Balaban J connectivity index is 1.75. The molecular formula is C19H16FN3O4. The molecule has 1 aromatic heterocycles. The number of aromatic amines is 1. The highest BCUT2D eigenvalue weighted by Gasteiger charge is 2.14. The van der Waals surface area contributed by atoms with Crippen LogP contribution < -0.4 is 10.1 Å². The lowest BCUT2D eigenvalue weighted by molar-refractivity contribution is 0.0691. The Morgan fingerprint density at radius 3 is 2.74 bits per heavy atom. The maximum Gasteiger partial charge on any atom is 0.338 e. The van der Waals surface area contributed by atoms with Crippen LogP contribution in [0.15, 0.2) is 48.8 Å². The molecule has 0 atom stereocenters. The smallest absolute Gasteiger partial charge is 0.338 e. The molecule has 0 spiro atoms. The molecule has 0 fully saturated rings. The number of rotatable bonds is 6. The molecule has 3 N–H and O–H groups in total. The Hall–Kier alpha value is -3.68. The van der Waals surface area contributed by atoms with Crippen LogP contribution in [0.3, 0.4) is 0 Å². The second-order valence-corrected chi connectivity index (χ2v) is 5.70. The van der Waals surface area contributed by atoms with Crippen LogP contribution in [-0.2, 0) is 6.54 Å². The summed E-state index contributed by atoms with van der Waals surface area (Å²) in [6.45, 7) is 0.0607. The first kappa shape index (κ1) is 18.1. The zero-order valence-electron chi connectivity index (χ0n) is 14.3. The third-order valence-corrected chi connectivity index (χ3v) is 3.99. The van der Waals surface area contributed by atoms with E-state index in [1.165, 1.54) is 19.2 Å². The first-order chi connectivity index (χ1) is 13.0. The van der Waals surface area contributed by atoms with E-state index in [0.717, 1.165) is 17.2 Å². The summed E-state index contributed by atoms with van der Waals surface area (Å²) in [5.74, 6) is -2.04. The summed E-state index contributed by atoms with van der Waals surface area (Å²) in [5, 5.41) is 18.2. The summed E-state index contributed by atoms with van der Waals surface area (Å²) in [4.78, 5) is 23.4. The number of aromatic carboxylic acids is 1. The maximum atomic E-state index is 13.4. The van der Waals surface area contributed by atoms with E-state index in [4.69, 9.17) is 9.84 Å². The van der Waals surface area contributed by atoms with Gasteiger partial charge in [-0.3, -0.25) is 9.89 Å². The molecule has 7 nitrogen and oxygen atoms in total. The molecule has 2 aromatic carbocycles. The van der Waals surface area contributed by atoms with Gasteiger partial charge in [-0.05, 0) is 35.9 Å². The quantitative estimate of drug-likeness (QED) is 0.620. The topological polar surface area (TPSA) is 104 Å². The fourth-order valence-corrected chi connectivity index (χ4v) is 2.60. The standard InChI is InChI=1S/C19H16FN3O4/c1-27-17-7-12(3-4-14(17)13-9-22-23-10-13)18(24)21-8-11-2-5-16(20)15(6-11)19(25)26/h2-7,9-10H,8H2,1H3,(H,21,24)(H,22,23)(H,25,26). The summed E-state index contributed by atoms with van der Waals surface area (Å²) in [6.07, 6.45) is 3.36. The predicted molar refractivity (Wildman–Crippen MR) is 95.1 cm³/mol. The van der Waals surface area contributed by atoms with Crippen LogP contribution in [0.1, 0.15) is 26.3 Å². The zero-order valence-corrected chi connectivity index (χ0v) is 14.3. The van der Waals surface area contributed by atoms with Crippen molar-refractivity contribution in [1.29, 1.82) is 0 Å². The second kappa shape index (κ2) is 7.69. The average molecular weight is 369 g/mol. The van der Waals surface area contributed by atoms with Crippen molar-refractivity contribution in [3.63, 3.8) is 0 Å². The van der Waals surface area contributed by atoms with Crippen LogP contribution in [0.4, 0.5) is 4.39 Å². The van der Waals surface area contributed by atoms with Gasteiger partial charge in [0.2, 0.25) is 0 Å². The Morgan fingerprint density at radius 2 is 2.07 bits per heavy atom. The number of methoxy groups -OCH3 is 1. The molecule has 0 aliphatic carbocycles. The molecule has 0 radical (unpaired) electrons. The Morgan fingerprint density at radius 1 is 1.26 bits per heavy atom. The molecule has 3 aromatic rings. The number of nitrogens with one attached hydrogen (secondary N) is 2. The van der Waals surface area contributed by atoms with Crippen molar-refractivity contribution >= 4 is 11.9 Å². The fraction of sp³-hybridized carbons (Fsp3) is 0.105. The Bertz CT molecular complexity index is 987. The minimum Gasteiger partial charge on any atom is -0.496 e. The van der Waals surface area contributed by atoms with Crippen molar-refractivity contribution in [1.82, 2.24) is 15.5 Å². The van der Waals surface area contributed by atoms with Crippen LogP contribution in [0.2, 0.25) is 0 Å². The van der Waals surface area contributed by atoms with Crippen molar-refractivity contribution in [2.45, 2.75) is 6.54 Å². The fourth-order valence-electron chi connectivity index (χ4n) is 2.60. The van der Waals surface area contributed by atoms with Gasteiger partial charge in [0.05, 0.1) is 18.9 Å². The van der Waals surface area contributed by atoms with E-state index >= 15 is 0 Å². The number of benzene rings is 2. The monoisotopic (exact) mass is 369 g/mol. The highest BCUT2D eigenvalue weighted by Crippen LogP contribution is 2.30. The van der Waals surface area contributed by atoms with Gasteiger partial charge in [0.15, 0.2) is 0 Å². The molecule has 0 saturated carbocycles. The van der Waals surface area contributed by atoms with Gasteiger partial charge in [0.1, 0.15) is 11.6 Å². The highest BCUT2D eigenvalue weighted by atomic mass is 19.1. The van der Waals surface area contributed by atoms with Gasteiger partial charge in [-0.25, -0.2) is 9.18 Å². The Kier molecular flexibility index (Phi) is 5.16. The van der Waals surface area contributed by atoms with Gasteiger partial charge in [0.25, 0.3) is 5.91 Å². The number of hydrogen-bond donors (Lipinski definition) is 3. The molecular weight excluding hydrogens is 353 g/mol. The number of carboxylic acid groups (broad SMARTS) is 1. The SMILES string of the molecule is COc1cc(C(=O)NCc2ccc(F)c(C(=O)O)c2)ccc1-c1cn[nH]c1. The third kappa shape index (κ3) is 3.95. The molecule has 0 aliphatic rings. The van der Waals surface area contributed by atoms with E-state index < -0.39 is 17.3 Å². The molecule has 0 saturated heterocycles. The lowest BCUT2D eigenvalue weighted by Crippen LogP contribution is -2.23. The average Bonchev–Trinajstić information content (AvgIpc) is 3.20. The molecule has 1 heterocycles. The van der Waals surface area contributed by atoms with Crippen molar-refractivity contribution in [3.05, 3.63) is 71.3 Å². The lowest BCUT2D eigenvalue weighted by atomic mass is 10.0. The maximum absolute atomic E-state index is 13.4. The van der Waals surface area contributed by atoms with Crippen LogP contribution in [0.25, 0.3) is 11.1 Å². The number of carbonyl (C=O) groups excluding carboxylic acids is 1. The normalized spacial score (nSPS) is 10.4. The lowest BCUT2D eigenvalue weighted by Gasteiger charge is -2.10. The third-order valence-electron chi connectivity index (χ3n) is 3.99. The number of ether oxygens (including phenoxy) is 1. The number of amides is 1. The predicted octanol–water partition coefficient (Wildman–Crippen LogP) is 2.85. The number of halogens is 1. The van der Waals surface area contributed by atoms with Crippen LogP contribution in [-0.4, -0.2) is 34.3 Å². The number of carbonyl (C=O) groups is 2. The van der Waals surface area contributed by atoms with Crippen LogP contribution in [0.5, 0.6) is 5.75 Å². The van der Waals surface area contributed by atoms with Crippen molar-refractivity contribution in [3.8, 4) is 16.9 Å². The van der Waals surface area contributed by atoms with E-state index in [1.54, 1.807) is 30.6 Å². The summed E-state index contributed by atoms with van der Waals surface area (Å²) in [5.41, 5.74) is 2.02. The second-order valence-electron chi connectivity index (χ2n) is 5.70. The van der Waals surface area contributed by atoms with Crippen LogP contribution in [0, 0.1) is 5.82 Å². The molecule has 138 valence electrons. The Labute approximate surface area is 153 Å². The first-order valence-corrected chi connectivity index (χ1v) is 7.96. The van der Waals surface area contributed by atoms with E-state index in [9.17, 15) is 14.0 Å². The van der Waals surface area contributed by atoms with Crippen molar-refractivity contribution in [2.24, 2.45) is 0 Å². The van der Waals surface area contributed by atoms with Crippen molar-refractivity contribution in [2.75, 3.05) is 7.11 Å².